The Morgan fingerprint density at radius 1 is 0.608 bits per heavy atom. The lowest BCUT2D eigenvalue weighted by molar-refractivity contribution is -0.138. The van der Waals surface area contributed by atoms with Gasteiger partial charge in [-0.05, 0) is 107 Å². The van der Waals surface area contributed by atoms with Gasteiger partial charge in [-0.1, -0.05) is 100 Å². The molecule has 0 unspecified atom stereocenters. The number of nitrogens with one attached hydrogen (secondary N) is 1. The van der Waals surface area contributed by atoms with E-state index >= 15 is 0 Å². The number of hydrogen-bond donors (Lipinski definition) is 4. The number of rotatable bonds is 10. The van der Waals surface area contributed by atoms with Crippen LogP contribution in [0.5, 0.6) is 11.5 Å². The van der Waals surface area contributed by atoms with Crippen molar-refractivity contribution >= 4 is 49.9 Å². The molecule has 0 atom stereocenters. The molecular weight excluding hydrogens is 959 g/mol. The molecule has 10 nitrogen and oxygen atoms in total. The van der Waals surface area contributed by atoms with Crippen LogP contribution in [0.1, 0.15) is 72.3 Å². The summed E-state index contributed by atoms with van der Waals surface area (Å²) < 4.78 is 86.7. The lowest BCUT2D eigenvalue weighted by Gasteiger charge is -2.12. The fourth-order valence-corrected chi connectivity index (χ4v) is 7.66. The zero-order valence-electron chi connectivity index (χ0n) is 40.4. The number of terminal acetylenes is 2. The maximum atomic E-state index is 13.2. The van der Waals surface area contributed by atoms with Gasteiger partial charge in [0.2, 0.25) is 0 Å². The minimum atomic E-state index is -4.44. The molecule has 6 aromatic carbocycles. The second kappa shape index (κ2) is 22.2. The van der Waals surface area contributed by atoms with Crippen LogP contribution >= 0.6 is 0 Å². The molecule has 74 heavy (non-hydrogen) atoms. The van der Waals surface area contributed by atoms with E-state index in [1.54, 1.807) is 12.1 Å². The number of alkyl halides is 6. The lowest BCUT2D eigenvalue weighted by Crippen LogP contribution is -2.06. The molecule has 9 rings (SSSR count). The summed E-state index contributed by atoms with van der Waals surface area (Å²) in [5.74, 6) is 6.28. The fourth-order valence-electron chi connectivity index (χ4n) is 7.66. The molecule has 0 saturated carbocycles. The van der Waals surface area contributed by atoms with Gasteiger partial charge < -0.3 is 31.0 Å². The van der Waals surface area contributed by atoms with Crippen molar-refractivity contribution in [2.24, 2.45) is 0 Å². The van der Waals surface area contributed by atoms with Crippen molar-refractivity contribution < 1.29 is 45.7 Å². The summed E-state index contributed by atoms with van der Waals surface area (Å²) in [4.78, 5) is 28.3. The minimum Gasteiger partial charge on any atom is -0.481 e. The van der Waals surface area contributed by atoms with E-state index in [9.17, 15) is 36.2 Å². The number of aromatic nitrogens is 4. The molecule has 3 aromatic heterocycles. The number of halogens is 6. The zero-order chi connectivity index (χ0) is 53.5. The number of imidazole rings is 1. The van der Waals surface area contributed by atoms with Crippen molar-refractivity contribution in [1.29, 1.82) is 0 Å². The van der Waals surface area contributed by atoms with E-state index in [1.165, 1.54) is 17.2 Å². The molecule has 0 aliphatic carbocycles. The summed E-state index contributed by atoms with van der Waals surface area (Å²) in [5, 5.41) is 12.7. The first-order chi connectivity index (χ1) is 35.1. The molecule has 0 spiro atoms. The quantitative estimate of drug-likeness (QED) is 0.0593. The Kier molecular flexibility index (Phi) is 15.8. The van der Waals surface area contributed by atoms with E-state index in [0.717, 1.165) is 63.0 Å². The van der Waals surface area contributed by atoms with Crippen molar-refractivity contribution in [2.45, 2.75) is 51.9 Å². The van der Waals surface area contributed by atoms with Crippen LogP contribution in [0.25, 0.3) is 66.6 Å². The maximum Gasteiger partial charge on any atom is 0.416 e. The van der Waals surface area contributed by atoms with Gasteiger partial charge in [0.25, 0.3) is 0 Å². The molecule has 0 radical (unpaired) electrons. The number of aromatic amines is 1. The fraction of sp³-hybridized carbons (Fsp3) is 0.172. The van der Waals surface area contributed by atoms with Crippen LogP contribution in [0.15, 0.2) is 133 Å². The van der Waals surface area contributed by atoms with Crippen LogP contribution in [-0.4, -0.2) is 44.2 Å². The molecule has 0 amide bonds. The molecule has 6 N–H and O–H groups in total. The van der Waals surface area contributed by atoms with Gasteiger partial charge in [0.15, 0.2) is 5.82 Å². The number of nitrogens with zero attached hydrogens (tertiary/aromatic N) is 3. The van der Waals surface area contributed by atoms with Crippen LogP contribution in [0.2, 0.25) is 0 Å². The highest BCUT2D eigenvalue weighted by Crippen LogP contribution is 2.37. The van der Waals surface area contributed by atoms with Crippen LogP contribution in [-0.2, 0) is 12.4 Å². The van der Waals surface area contributed by atoms with E-state index in [2.05, 4.69) is 66.6 Å². The number of carbonyl (C=O) groups is 1. The van der Waals surface area contributed by atoms with Gasteiger partial charge in [0.05, 0.1) is 44.9 Å². The van der Waals surface area contributed by atoms with E-state index in [-0.39, 0.29) is 30.3 Å². The first-order valence-corrected chi connectivity index (χ1v) is 22.9. The van der Waals surface area contributed by atoms with Crippen molar-refractivity contribution in [2.75, 3.05) is 24.7 Å². The number of H-pyrrole nitrogens is 1. The summed E-state index contributed by atoms with van der Waals surface area (Å²) in [5.41, 5.74) is 15.8. The molecule has 0 aliphatic heterocycles. The average molecular weight is 1010 g/mol. The van der Waals surface area contributed by atoms with E-state index < -0.39 is 29.4 Å². The van der Waals surface area contributed by atoms with Gasteiger partial charge in [-0.3, -0.25) is 0 Å². The molecule has 376 valence electrons. The van der Waals surface area contributed by atoms with E-state index in [4.69, 9.17) is 38.8 Å². The van der Waals surface area contributed by atoms with Gasteiger partial charge in [-0.25, -0.2) is 19.7 Å². The Bertz CT molecular complexity index is 3580. The van der Waals surface area contributed by atoms with Crippen molar-refractivity contribution in [3.05, 3.63) is 161 Å². The third kappa shape index (κ3) is 12.5. The number of pyridine rings is 2. The standard InChI is InChI=1S/C29H22F3N3O.C22H19NO3.C7H7F3N2/c1-4-13-36-22-11-9-20-14-26(28-34-24-12-10-21(29(30,31)32)15-25(24)35-28)33-27(23(20)16-22)19-7-5-18(6-8-19)17(2)3;1-4-11-26-18-10-9-17-12-20(22(24)25)23-21(19(17)13-18)16-7-5-15(6-8-16)14(2)3;8-7(9,10)4-1-2-5(11)6(12)3-4/h1,5-12,14-17H,13H2,2-3H3,(H,34,35);1,5-10,12-14H,11H2,2-3H3,(H,24,25);1-3H,11-12H2. The van der Waals surface area contributed by atoms with Gasteiger partial charge in [-0.15, -0.1) is 12.8 Å². The Labute approximate surface area is 422 Å². The highest BCUT2D eigenvalue weighted by molar-refractivity contribution is 6.00. The maximum absolute atomic E-state index is 13.2. The first kappa shape index (κ1) is 52.8. The van der Waals surface area contributed by atoms with Gasteiger partial charge in [0, 0.05) is 21.9 Å². The number of carboxylic acids is 1. The molecule has 0 aliphatic rings. The Morgan fingerprint density at radius 3 is 1.57 bits per heavy atom. The first-order valence-electron chi connectivity index (χ1n) is 22.9. The molecule has 16 heteroatoms. The normalized spacial score (nSPS) is 11.4. The summed E-state index contributed by atoms with van der Waals surface area (Å²) in [6.45, 7) is 8.83. The molecule has 0 fully saturated rings. The molecule has 9 aromatic rings. The number of nitrogens with two attached hydrogens (primary N) is 2. The summed E-state index contributed by atoms with van der Waals surface area (Å²) in [6, 6.07) is 37.0. The highest BCUT2D eigenvalue weighted by Gasteiger charge is 2.31. The number of ether oxygens (including phenoxy) is 2. The third-order valence-electron chi connectivity index (χ3n) is 11.6. The van der Waals surface area contributed by atoms with Crippen LogP contribution in [0.4, 0.5) is 37.7 Å². The predicted molar refractivity (Wildman–Crippen MR) is 279 cm³/mol. The zero-order valence-corrected chi connectivity index (χ0v) is 40.4. The van der Waals surface area contributed by atoms with Crippen molar-refractivity contribution in [1.82, 2.24) is 19.9 Å². The largest absolute Gasteiger partial charge is 0.481 e. The van der Waals surface area contributed by atoms with Crippen molar-refractivity contribution in [3.63, 3.8) is 0 Å². The van der Waals surface area contributed by atoms with Crippen LogP contribution in [0, 0.1) is 24.7 Å². The minimum absolute atomic E-state index is 0.0118. The SMILES string of the molecule is C#CCOc1ccc2cc(-c3nc4ccc(C(F)(F)F)cc4[nH]3)nc(-c3ccc(C(C)C)cc3)c2c1.C#CCOc1ccc2cc(C(=O)O)nc(-c3ccc(C(C)C)cc3)c2c1.Nc1ccc(C(F)(F)F)cc1N. The molecule has 0 bridgehead atoms. The topological polar surface area (TPSA) is 162 Å². The monoisotopic (exact) mass is 1010 g/mol. The number of anilines is 2. The second-order valence-electron chi connectivity index (χ2n) is 17.5. The number of hydrogen-bond acceptors (Lipinski definition) is 8. The van der Waals surface area contributed by atoms with Crippen LogP contribution in [0.3, 0.4) is 0 Å². The number of carboxylic acid groups (broad SMARTS) is 1. The van der Waals surface area contributed by atoms with Gasteiger partial charge in [0.1, 0.15) is 36.1 Å². The van der Waals surface area contributed by atoms with Crippen molar-refractivity contribution in [3.8, 4) is 70.2 Å². The highest BCUT2D eigenvalue weighted by atomic mass is 19.4. The number of benzene rings is 6. The predicted octanol–water partition coefficient (Wildman–Crippen LogP) is 14.2. The number of fused-ring (bicyclic) bond motifs is 3. The number of nitrogen functional groups attached to an aromatic ring is 2. The summed E-state index contributed by atoms with van der Waals surface area (Å²) in [6.07, 6.45) is 1.79. The molecular formula is C58H48F6N6O4. The molecule has 0 saturated heterocycles. The Morgan fingerprint density at radius 2 is 1.09 bits per heavy atom. The second-order valence-corrected chi connectivity index (χ2v) is 17.5. The van der Waals surface area contributed by atoms with Gasteiger partial charge in [-0.2, -0.15) is 26.3 Å². The van der Waals surface area contributed by atoms with Crippen LogP contribution < -0.4 is 20.9 Å². The smallest absolute Gasteiger partial charge is 0.416 e. The van der Waals surface area contributed by atoms with E-state index in [1.807, 2.05) is 72.8 Å². The lowest BCUT2D eigenvalue weighted by atomic mass is 9.98. The molecule has 3 heterocycles. The average Bonchev–Trinajstić information content (AvgIpc) is 3.81. The summed E-state index contributed by atoms with van der Waals surface area (Å²) in [7, 11) is 0. The van der Waals surface area contributed by atoms with Gasteiger partial charge >= 0.3 is 18.3 Å². The third-order valence-corrected chi connectivity index (χ3v) is 11.6. The Balaban J connectivity index is 0.000000183. The van der Waals surface area contributed by atoms with E-state index in [0.29, 0.717) is 57.3 Å². The number of aromatic carboxylic acids is 1. The Hall–Kier alpha value is -9.02. The summed E-state index contributed by atoms with van der Waals surface area (Å²) >= 11 is 0.